The van der Waals surface area contributed by atoms with Crippen molar-refractivity contribution < 1.29 is 14.0 Å². The normalized spacial score (nSPS) is 19.6. The molecule has 2 N–H and O–H groups in total. The fraction of sp³-hybridized carbons (Fsp3) is 0.500. The Hall–Kier alpha value is -2.11. The minimum atomic E-state index is -0.592. The van der Waals surface area contributed by atoms with E-state index in [1.165, 1.54) is 6.07 Å². The Balaban J connectivity index is 1.78. The van der Waals surface area contributed by atoms with Crippen molar-refractivity contribution in [1.82, 2.24) is 10.2 Å². The Bertz CT molecular complexity index is 622. The van der Waals surface area contributed by atoms with E-state index in [-0.39, 0.29) is 17.4 Å². The fourth-order valence-electron chi connectivity index (χ4n) is 3.15. The minimum absolute atomic E-state index is 0.0298. The molecule has 118 valence electrons. The molecule has 5 nitrogen and oxygen atoms in total. The molecule has 6 heteroatoms. The first-order valence-electron chi connectivity index (χ1n) is 7.60. The van der Waals surface area contributed by atoms with Gasteiger partial charge < -0.3 is 15.5 Å². The van der Waals surface area contributed by atoms with Gasteiger partial charge >= 0.3 is 0 Å². The Morgan fingerprint density at radius 1 is 1.27 bits per heavy atom. The monoisotopic (exact) mass is 305 g/mol. The van der Waals surface area contributed by atoms with Crippen molar-refractivity contribution in [2.75, 3.05) is 18.4 Å². The summed E-state index contributed by atoms with van der Waals surface area (Å²) < 4.78 is 13.8. The standard InChI is InChI=1S/C16H20FN3O2/c1-10(2)15(22)20-8-6-16(7-9-20)18-12-5-3-4-11(17)13(12)14(21)19-16/h3-5,10,18H,6-9H2,1-2H3,(H,19,21). The molecule has 0 aliphatic carbocycles. The highest BCUT2D eigenvalue weighted by Crippen LogP contribution is 2.32. The van der Waals surface area contributed by atoms with Crippen molar-refractivity contribution in [2.24, 2.45) is 5.92 Å². The van der Waals surface area contributed by atoms with E-state index in [1.807, 2.05) is 18.7 Å². The number of nitrogens with zero attached hydrogens (tertiary/aromatic N) is 1. The molecule has 22 heavy (non-hydrogen) atoms. The molecule has 1 aromatic carbocycles. The average molecular weight is 305 g/mol. The van der Waals surface area contributed by atoms with Crippen LogP contribution in [0.5, 0.6) is 0 Å². The summed E-state index contributed by atoms with van der Waals surface area (Å²) in [6, 6.07) is 4.58. The largest absolute Gasteiger partial charge is 0.362 e. The number of rotatable bonds is 1. The van der Waals surface area contributed by atoms with Crippen molar-refractivity contribution >= 4 is 17.5 Å². The first kappa shape index (κ1) is 14.8. The highest BCUT2D eigenvalue weighted by atomic mass is 19.1. The van der Waals surface area contributed by atoms with Crippen LogP contribution in [-0.2, 0) is 4.79 Å². The minimum Gasteiger partial charge on any atom is -0.362 e. The lowest BCUT2D eigenvalue weighted by atomic mass is 9.91. The van der Waals surface area contributed by atoms with Gasteiger partial charge in [0, 0.05) is 31.8 Å². The summed E-state index contributed by atoms with van der Waals surface area (Å²) in [6.07, 6.45) is 1.21. The molecule has 0 aromatic heterocycles. The number of benzene rings is 1. The molecule has 0 bridgehead atoms. The third kappa shape index (κ3) is 2.42. The third-order valence-electron chi connectivity index (χ3n) is 4.39. The van der Waals surface area contributed by atoms with E-state index >= 15 is 0 Å². The molecule has 1 fully saturated rings. The topological polar surface area (TPSA) is 61.4 Å². The predicted octanol–water partition coefficient (Wildman–Crippen LogP) is 1.96. The molecule has 1 spiro atoms. The maximum absolute atomic E-state index is 13.8. The second-order valence-corrected chi connectivity index (χ2v) is 6.30. The maximum atomic E-state index is 13.8. The van der Waals surface area contributed by atoms with Gasteiger partial charge in [-0.15, -0.1) is 0 Å². The molecule has 2 aliphatic heterocycles. The third-order valence-corrected chi connectivity index (χ3v) is 4.39. The molecule has 3 rings (SSSR count). The van der Waals surface area contributed by atoms with Crippen LogP contribution in [0.15, 0.2) is 18.2 Å². The number of carbonyl (C=O) groups is 2. The zero-order chi connectivity index (χ0) is 15.9. The molecule has 0 unspecified atom stereocenters. The van der Waals surface area contributed by atoms with Crippen LogP contribution >= 0.6 is 0 Å². The molecule has 2 amide bonds. The summed E-state index contributed by atoms with van der Waals surface area (Å²) in [6.45, 7) is 4.92. The lowest BCUT2D eigenvalue weighted by molar-refractivity contribution is -0.136. The molecule has 1 saturated heterocycles. The number of fused-ring (bicyclic) bond motifs is 1. The summed E-state index contributed by atoms with van der Waals surface area (Å²) in [5, 5.41) is 6.15. The van der Waals surface area contributed by atoms with Gasteiger partial charge in [0.2, 0.25) is 5.91 Å². The highest BCUT2D eigenvalue weighted by Gasteiger charge is 2.41. The van der Waals surface area contributed by atoms with Crippen molar-refractivity contribution in [3.05, 3.63) is 29.6 Å². The molecule has 0 saturated carbocycles. The number of hydrogen-bond donors (Lipinski definition) is 2. The number of anilines is 1. The van der Waals surface area contributed by atoms with E-state index in [4.69, 9.17) is 0 Å². The number of amides is 2. The summed E-state index contributed by atoms with van der Waals surface area (Å²) >= 11 is 0. The number of hydrogen-bond acceptors (Lipinski definition) is 3. The Morgan fingerprint density at radius 3 is 2.59 bits per heavy atom. The van der Waals surface area contributed by atoms with Crippen LogP contribution in [0.2, 0.25) is 0 Å². The number of piperidine rings is 1. The van der Waals surface area contributed by atoms with E-state index in [1.54, 1.807) is 12.1 Å². The van der Waals surface area contributed by atoms with Crippen LogP contribution in [0, 0.1) is 11.7 Å². The van der Waals surface area contributed by atoms with Gasteiger partial charge in [-0.1, -0.05) is 19.9 Å². The van der Waals surface area contributed by atoms with E-state index in [0.717, 1.165) is 0 Å². The Labute approximate surface area is 128 Å². The molecular formula is C16H20FN3O2. The van der Waals surface area contributed by atoms with Gasteiger partial charge in [0.05, 0.1) is 11.3 Å². The molecule has 0 atom stereocenters. The van der Waals surface area contributed by atoms with Crippen LogP contribution in [0.25, 0.3) is 0 Å². The summed E-state index contributed by atoms with van der Waals surface area (Å²) in [7, 11) is 0. The SMILES string of the molecule is CC(C)C(=O)N1CCC2(CC1)NC(=O)c1c(F)cccc1N2. The quantitative estimate of drug-likeness (QED) is 0.834. The second-order valence-electron chi connectivity index (χ2n) is 6.30. The van der Waals surface area contributed by atoms with Gasteiger partial charge in [0.25, 0.3) is 5.91 Å². The summed E-state index contributed by atoms with van der Waals surface area (Å²) in [4.78, 5) is 26.1. The second kappa shape index (κ2) is 5.26. The van der Waals surface area contributed by atoms with E-state index in [9.17, 15) is 14.0 Å². The van der Waals surface area contributed by atoms with Crippen molar-refractivity contribution in [2.45, 2.75) is 32.4 Å². The lowest BCUT2D eigenvalue weighted by Crippen LogP contribution is -2.63. The molecule has 1 aromatic rings. The lowest BCUT2D eigenvalue weighted by Gasteiger charge is -2.46. The van der Waals surface area contributed by atoms with Crippen LogP contribution in [0.1, 0.15) is 37.0 Å². The first-order valence-corrected chi connectivity index (χ1v) is 7.60. The van der Waals surface area contributed by atoms with Gasteiger partial charge in [-0.05, 0) is 12.1 Å². The predicted molar refractivity (Wildman–Crippen MR) is 80.9 cm³/mol. The number of likely N-dealkylation sites (tertiary alicyclic amines) is 1. The fourth-order valence-corrected chi connectivity index (χ4v) is 3.15. The number of carbonyl (C=O) groups excluding carboxylic acids is 2. The van der Waals surface area contributed by atoms with Gasteiger partial charge in [-0.3, -0.25) is 9.59 Å². The zero-order valence-corrected chi connectivity index (χ0v) is 12.8. The summed E-state index contributed by atoms with van der Waals surface area (Å²) in [5.74, 6) is -0.818. The van der Waals surface area contributed by atoms with Crippen LogP contribution in [0.3, 0.4) is 0 Å². The molecule has 2 aliphatic rings. The highest BCUT2D eigenvalue weighted by molar-refractivity contribution is 6.02. The molecule has 0 radical (unpaired) electrons. The van der Waals surface area contributed by atoms with Crippen molar-refractivity contribution in [1.29, 1.82) is 0 Å². The van der Waals surface area contributed by atoms with E-state index < -0.39 is 17.4 Å². The van der Waals surface area contributed by atoms with Gasteiger partial charge in [-0.25, -0.2) is 4.39 Å². The molecule has 2 heterocycles. The molecular weight excluding hydrogens is 285 g/mol. The van der Waals surface area contributed by atoms with Crippen molar-refractivity contribution in [3.63, 3.8) is 0 Å². The van der Waals surface area contributed by atoms with E-state index in [2.05, 4.69) is 10.6 Å². The maximum Gasteiger partial charge on any atom is 0.258 e. The van der Waals surface area contributed by atoms with Crippen LogP contribution in [0.4, 0.5) is 10.1 Å². The summed E-state index contributed by atoms with van der Waals surface area (Å²) in [5.41, 5.74) is -0.00719. The Kier molecular flexibility index (Phi) is 3.54. The van der Waals surface area contributed by atoms with Gasteiger partial charge in [0.1, 0.15) is 11.5 Å². The van der Waals surface area contributed by atoms with E-state index in [0.29, 0.717) is 31.6 Å². The van der Waals surface area contributed by atoms with Crippen LogP contribution in [-0.4, -0.2) is 35.5 Å². The smallest absolute Gasteiger partial charge is 0.258 e. The number of nitrogens with one attached hydrogen (secondary N) is 2. The average Bonchev–Trinajstić information content (AvgIpc) is 2.46. The van der Waals surface area contributed by atoms with Crippen LogP contribution < -0.4 is 10.6 Å². The Morgan fingerprint density at radius 2 is 1.95 bits per heavy atom. The van der Waals surface area contributed by atoms with Gasteiger partial charge in [0.15, 0.2) is 0 Å². The zero-order valence-electron chi connectivity index (χ0n) is 12.8. The van der Waals surface area contributed by atoms with Gasteiger partial charge in [-0.2, -0.15) is 0 Å². The van der Waals surface area contributed by atoms with Crippen molar-refractivity contribution in [3.8, 4) is 0 Å². The first-order chi connectivity index (χ1) is 10.4. The number of halogens is 1.